The number of hydrogen-bond acceptors (Lipinski definition) is 2. The van der Waals surface area contributed by atoms with Crippen LogP contribution < -0.4 is 5.32 Å². The molecule has 0 radical (unpaired) electrons. The lowest BCUT2D eigenvalue weighted by molar-refractivity contribution is 0.743. The molecule has 0 spiro atoms. The fourth-order valence-electron chi connectivity index (χ4n) is 0.765. The summed E-state index contributed by atoms with van der Waals surface area (Å²) in [6.45, 7) is 5.93. The van der Waals surface area contributed by atoms with E-state index in [0.29, 0.717) is 5.92 Å². The molecular weight excluding hydrogens is 112 g/mol. The number of nitriles is 1. The van der Waals surface area contributed by atoms with Gasteiger partial charge in [-0.25, -0.2) is 0 Å². The summed E-state index contributed by atoms with van der Waals surface area (Å²) in [7, 11) is 0. The van der Waals surface area contributed by atoms with E-state index in [9.17, 15) is 0 Å². The van der Waals surface area contributed by atoms with Crippen molar-refractivity contribution >= 4 is 0 Å². The predicted molar refractivity (Wildman–Crippen MR) is 37.9 cm³/mol. The fraction of sp³-hybridized carbons (Fsp3) is 0.857. The Hall–Kier alpha value is -0.550. The van der Waals surface area contributed by atoms with E-state index in [0.717, 1.165) is 19.5 Å². The first-order valence-electron chi connectivity index (χ1n) is 3.54. The standard InChI is InChI=1S/C5H8N2.C2H6/c6-3-5-1-2-7-4-5;1-2/h5,7H,1-2,4H2;1-2H3/t5-;/m0./s1. The Labute approximate surface area is 56.9 Å². The van der Waals surface area contributed by atoms with Crippen LogP contribution in [0.2, 0.25) is 0 Å². The lowest BCUT2D eigenvalue weighted by atomic mass is 10.2. The zero-order valence-electron chi connectivity index (χ0n) is 6.15. The van der Waals surface area contributed by atoms with Crippen molar-refractivity contribution in [3.8, 4) is 6.07 Å². The van der Waals surface area contributed by atoms with Gasteiger partial charge in [-0.2, -0.15) is 5.26 Å². The maximum Gasteiger partial charge on any atom is 0.0669 e. The summed E-state index contributed by atoms with van der Waals surface area (Å²) in [6, 6.07) is 2.20. The molecule has 0 aliphatic carbocycles. The van der Waals surface area contributed by atoms with Crippen LogP contribution in [0.25, 0.3) is 0 Å². The maximum atomic E-state index is 8.28. The highest BCUT2D eigenvalue weighted by molar-refractivity contribution is 4.88. The van der Waals surface area contributed by atoms with Crippen LogP contribution in [0.4, 0.5) is 0 Å². The molecule has 1 N–H and O–H groups in total. The Balaban J connectivity index is 0.000000291. The van der Waals surface area contributed by atoms with E-state index in [1.165, 1.54) is 0 Å². The molecule has 0 unspecified atom stereocenters. The normalized spacial score (nSPS) is 23.9. The van der Waals surface area contributed by atoms with E-state index in [1.54, 1.807) is 0 Å². The zero-order valence-corrected chi connectivity index (χ0v) is 6.15. The minimum atomic E-state index is 0.292. The van der Waals surface area contributed by atoms with Gasteiger partial charge < -0.3 is 5.32 Å². The van der Waals surface area contributed by atoms with Crippen molar-refractivity contribution in [2.45, 2.75) is 20.3 Å². The third kappa shape index (κ3) is 3.10. The lowest BCUT2D eigenvalue weighted by Gasteiger charge is -1.87. The Bertz CT molecular complexity index is 87.6. The first-order chi connectivity index (χ1) is 4.43. The number of nitrogens with one attached hydrogen (secondary N) is 1. The second kappa shape index (κ2) is 5.58. The van der Waals surface area contributed by atoms with Gasteiger partial charge >= 0.3 is 0 Å². The molecule has 1 aliphatic heterocycles. The summed E-state index contributed by atoms with van der Waals surface area (Å²) < 4.78 is 0. The van der Waals surface area contributed by atoms with E-state index in [2.05, 4.69) is 11.4 Å². The van der Waals surface area contributed by atoms with Crippen molar-refractivity contribution < 1.29 is 0 Å². The van der Waals surface area contributed by atoms with Gasteiger partial charge in [-0.05, 0) is 13.0 Å². The van der Waals surface area contributed by atoms with Gasteiger partial charge in [0.1, 0.15) is 0 Å². The van der Waals surface area contributed by atoms with Gasteiger partial charge in [0.15, 0.2) is 0 Å². The van der Waals surface area contributed by atoms with Gasteiger partial charge in [0.05, 0.1) is 12.0 Å². The van der Waals surface area contributed by atoms with Gasteiger partial charge in [0, 0.05) is 6.54 Å². The summed E-state index contributed by atoms with van der Waals surface area (Å²) in [5.41, 5.74) is 0. The third-order valence-corrected chi connectivity index (χ3v) is 1.24. The first-order valence-corrected chi connectivity index (χ1v) is 3.54. The largest absolute Gasteiger partial charge is 0.315 e. The Morgan fingerprint density at radius 2 is 2.22 bits per heavy atom. The van der Waals surface area contributed by atoms with Crippen molar-refractivity contribution in [2.75, 3.05) is 13.1 Å². The topological polar surface area (TPSA) is 35.8 Å². The van der Waals surface area contributed by atoms with Crippen LogP contribution in [-0.4, -0.2) is 13.1 Å². The molecule has 2 nitrogen and oxygen atoms in total. The molecule has 2 heteroatoms. The fourth-order valence-corrected chi connectivity index (χ4v) is 0.765. The van der Waals surface area contributed by atoms with Crippen molar-refractivity contribution in [1.82, 2.24) is 5.32 Å². The van der Waals surface area contributed by atoms with Gasteiger partial charge in [-0.15, -0.1) is 0 Å². The summed E-state index contributed by atoms with van der Waals surface area (Å²) in [4.78, 5) is 0. The van der Waals surface area contributed by atoms with Gasteiger partial charge in [-0.1, -0.05) is 13.8 Å². The molecular formula is C7H14N2. The van der Waals surface area contributed by atoms with Crippen LogP contribution >= 0.6 is 0 Å². The molecule has 0 aromatic rings. The highest BCUT2D eigenvalue weighted by atomic mass is 14.9. The van der Waals surface area contributed by atoms with Gasteiger partial charge in [-0.3, -0.25) is 0 Å². The molecule has 0 amide bonds. The van der Waals surface area contributed by atoms with Crippen LogP contribution in [0.1, 0.15) is 20.3 Å². The van der Waals surface area contributed by atoms with Crippen molar-refractivity contribution in [3.05, 3.63) is 0 Å². The molecule has 1 atom stereocenters. The molecule has 0 aromatic carbocycles. The SMILES string of the molecule is CC.N#C[C@@H]1CCNC1. The number of nitrogens with zero attached hydrogens (tertiary/aromatic N) is 1. The average molecular weight is 126 g/mol. The molecule has 1 aliphatic rings. The van der Waals surface area contributed by atoms with E-state index >= 15 is 0 Å². The third-order valence-electron chi connectivity index (χ3n) is 1.24. The van der Waals surface area contributed by atoms with Gasteiger partial charge in [0.25, 0.3) is 0 Å². The molecule has 0 bridgehead atoms. The minimum absolute atomic E-state index is 0.292. The van der Waals surface area contributed by atoms with Crippen LogP contribution in [0.3, 0.4) is 0 Å². The highest BCUT2D eigenvalue weighted by Crippen LogP contribution is 2.03. The summed E-state index contributed by atoms with van der Waals surface area (Å²) in [6.07, 6.45) is 1.04. The van der Waals surface area contributed by atoms with Crippen LogP contribution in [-0.2, 0) is 0 Å². The maximum absolute atomic E-state index is 8.28. The second-order valence-electron chi connectivity index (χ2n) is 1.82. The smallest absolute Gasteiger partial charge is 0.0669 e. The number of rotatable bonds is 0. The zero-order chi connectivity index (χ0) is 7.11. The quantitative estimate of drug-likeness (QED) is 0.528. The molecule has 0 aromatic heterocycles. The first kappa shape index (κ1) is 8.45. The number of hydrogen-bond donors (Lipinski definition) is 1. The second-order valence-corrected chi connectivity index (χ2v) is 1.82. The molecule has 1 heterocycles. The van der Waals surface area contributed by atoms with Crippen LogP contribution in [0.15, 0.2) is 0 Å². The predicted octanol–water partition coefficient (Wildman–Crippen LogP) is 1.15. The van der Waals surface area contributed by atoms with Gasteiger partial charge in [0.2, 0.25) is 0 Å². The Kier molecular flexibility index (Phi) is 5.24. The van der Waals surface area contributed by atoms with E-state index in [1.807, 2.05) is 13.8 Å². The summed E-state index contributed by atoms with van der Waals surface area (Å²) in [5.74, 6) is 0.292. The molecule has 1 fully saturated rings. The van der Waals surface area contributed by atoms with E-state index in [4.69, 9.17) is 5.26 Å². The van der Waals surface area contributed by atoms with Crippen molar-refractivity contribution in [3.63, 3.8) is 0 Å². The molecule has 1 saturated heterocycles. The lowest BCUT2D eigenvalue weighted by Crippen LogP contribution is -2.07. The molecule has 9 heavy (non-hydrogen) atoms. The van der Waals surface area contributed by atoms with E-state index < -0.39 is 0 Å². The molecule has 52 valence electrons. The van der Waals surface area contributed by atoms with Crippen molar-refractivity contribution in [1.29, 1.82) is 5.26 Å². The van der Waals surface area contributed by atoms with Crippen molar-refractivity contribution in [2.24, 2.45) is 5.92 Å². The Morgan fingerprint density at radius 1 is 1.56 bits per heavy atom. The van der Waals surface area contributed by atoms with Crippen LogP contribution in [0.5, 0.6) is 0 Å². The average Bonchev–Trinajstić information content (AvgIpc) is 2.43. The minimum Gasteiger partial charge on any atom is -0.315 e. The van der Waals surface area contributed by atoms with E-state index in [-0.39, 0.29) is 0 Å². The summed E-state index contributed by atoms with van der Waals surface area (Å²) >= 11 is 0. The van der Waals surface area contributed by atoms with Crippen LogP contribution in [0, 0.1) is 17.2 Å². The molecule has 0 saturated carbocycles. The highest BCUT2D eigenvalue weighted by Gasteiger charge is 2.11. The Morgan fingerprint density at radius 3 is 2.44 bits per heavy atom. The monoisotopic (exact) mass is 126 g/mol. The molecule has 1 rings (SSSR count). The summed E-state index contributed by atoms with van der Waals surface area (Å²) in [5, 5.41) is 11.4.